The number of rotatable bonds is 10. The van der Waals surface area contributed by atoms with E-state index in [-0.39, 0.29) is 18.4 Å². The van der Waals surface area contributed by atoms with E-state index < -0.39 is 11.9 Å². The van der Waals surface area contributed by atoms with Crippen molar-refractivity contribution in [3.05, 3.63) is 76.3 Å². The second-order valence-corrected chi connectivity index (χ2v) is 8.76. The smallest absolute Gasteiger partial charge is 0.347 e. The zero-order valence-electron chi connectivity index (χ0n) is 18.5. The van der Waals surface area contributed by atoms with Crippen molar-refractivity contribution in [1.29, 1.82) is 0 Å². The molecule has 11 heteroatoms. The lowest BCUT2D eigenvalue weighted by Crippen LogP contribution is -2.29. The molecule has 1 aliphatic heterocycles. The van der Waals surface area contributed by atoms with Crippen LogP contribution in [0, 0.1) is 5.92 Å². The minimum absolute atomic E-state index is 0.00859. The summed E-state index contributed by atoms with van der Waals surface area (Å²) in [5, 5.41) is 31.3. The third kappa shape index (κ3) is 6.17. The predicted molar refractivity (Wildman–Crippen MR) is 136 cm³/mol. The highest BCUT2D eigenvalue weighted by atomic mass is 35.5. The molecule has 2 aromatic carbocycles. The van der Waals surface area contributed by atoms with E-state index in [1.165, 1.54) is 11.3 Å². The second kappa shape index (κ2) is 11.8. The molecule has 2 N–H and O–H groups in total. The molecule has 180 valence electrons. The summed E-state index contributed by atoms with van der Waals surface area (Å²) in [6, 6.07) is 16.6. The number of halogens is 1. The molecule has 2 heterocycles. The fourth-order valence-electron chi connectivity index (χ4n) is 3.40. The van der Waals surface area contributed by atoms with E-state index in [0.29, 0.717) is 34.5 Å². The summed E-state index contributed by atoms with van der Waals surface area (Å²) in [6.07, 6.45) is 3.39. The molecule has 1 unspecified atom stereocenters. The number of nitrogens with zero attached hydrogens (tertiary/aromatic N) is 5. The monoisotopic (exact) mass is 511 g/mol. The summed E-state index contributed by atoms with van der Waals surface area (Å²) in [7, 11) is 0. The Morgan fingerprint density at radius 1 is 1.06 bits per heavy atom. The molecule has 0 spiro atoms. The van der Waals surface area contributed by atoms with Gasteiger partial charge in [0, 0.05) is 24.3 Å². The maximum Gasteiger partial charge on any atom is 0.347 e. The molecule has 0 bridgehead atoms. The van der Waals surface area contributed by atoms with Gasteiger partial charge in [-0.05, 0) is 30.3 Å². The lowest BCUT2D eigenvalue weighted by molar-refractivity contribution is -0.142. The second-order valence-electron chi connectivity index (χ2n) is 7.39. The maximum absolute atomic E-state index is 12.2. The van der Waals surface area contributed by atoms with E-state index in [4.69, 9.17) is 16.4 Å². The number of thiazole rings is 1. The first-order valence-electron chi connectivity index (χ1n) is 10.8. The van der Waals surface area contributed by atoms with Crippen LogP contribution in [0.2, 0.25) is 5.15 Å². The number of carbonyl (C=O) groups excluding carboxylic acids is 1. The van der Waals surface area contributed by atoms with Crippen LogP contribution in [0.3, 0.4) is 0 Å². The van der Waals surface area contributed by atoms with Crippen LogP contribution in [-0.2, 0) is 9.63 Å². The summed E-state index contributed by atoms with van der Waals surface area (Å²) in [4.78, 5) is 23.8. The van der Waals surface area contributed by atoms with Gasteiger partial charge in [0.2, 0.25) is 5.13 Å². The van der Waals surface area contributed by atoms with Gasteiger partial charge >= 0.3 is 5.97 Å². The first-order valence-corrected chi connectivity index (χ1v) is 12.0. The molecule has 0 amide bonds. The summed E-state index contributed by atoms with van der Waals surface area (Å²) in [6.45, 7) is 0.829. The number of aliphatic hydroxyl groups is 2. The van der Waals surface area contributed by atoms with E-state index >= 15 is 0 Å². The summed E-state index contributed by atoms with van der Waals surface area (Å²) < 4.78 is 0. The van der Waals surface area contributed by atoms with Crippen LogP contribution in [-0.4, -0.2) is 53.2 Å². The Morgan fingerprint density at radius 2 is 1.77 bits per heavy atom. The first kappa shape index (κ1) is 24.7. The van der Waals surface area contributed by atoms with E-state index in [1.54, 1.807) is 24.3 Å². The summed E-state index contributed by atoms with van der Waals surface area (Å²) in [5.41, 5.74) is 2.82. The molecule has 9 nitrogen and oxygen atoms in total. The quantitative estimate of drug-likeness (QED) is 0.303. The van der Waals surface area contributed by atoms with Gasteiger partial charge in [-0.2, -0.15) is 0 Å². The Balaban J connectivity index is 1.44. The number of benzene rings is 2. The van der Waals surface area contributed by atoms with Crippen LogP contribution < -0.4 is 4.90 Å². The Bertz CT molecular complexity index is 1240. The molecule has 4 rings (SSSR count). The highest BCUT2D eigenvalue weighted by Crippen LogP contribution is 2.32. The molecular weight excluding hydrogens is 490 g/mol. The van der Waals surface area contributed by atoms with E-state index in [9.17, 15) is 15.0 Å². The molecule has 0 fully saturated rings. The van der Waals surface area contributed by atoms with Crippen LogP contribution >= 0.6 is 22.9 Å². The molecule has 1 aliphatic rings. The molecule has 3 aromatic rings. The fourth-order valence-corrected chi connectivity index (χ4v) is 4.40. The van der Waals surface area contributed by atoms with Gasteiger partial charge in [0.25, 0.3) is 0 Å². The summed E-state index contributed by atoms with van der Waals surface area (Å²) in [5.74, 6) is -1.10. The van der Waals surface area contributed by atoms with Crippen molar-refractivity contribution in [1.82, 2.24) is 4.98 Å². The molecule has 1 aromatic heterocycles. The topological polar surface area (TPSA) is 120 Å². The van der Waals surface area contributed by atoms with Crippen LogP contribution in [0.1, 0.15) is 10.4 Å². The number of aliphatic hydroxyl groups excluding tert-OH is 2. The molecule has 0 saturated carbocycles. The SMILES string of the molecule is O=C1ON=C(c2ccccc2)C1/C=C/c1sc(N=Nc2ccc(N(CCO)CCO)cc2)nc1Cl. The number of hydrogen-bond acceptors (Lipinski definition) is 10. The van der Waals surface area contributed by atoms with E-state index in [1.807, 2.05) is 47.4 Å². The van der Waals surface area contributed by atoms with E-state index in [2.05, 4.69) is 20.4 Å². The number of oxime groups is 1. The van der Waals surface area contributed by atoms with Crippen LogP contribution in [0.25, 0.3) is 6.08 Å². The Labute approximate surface area is 210 Å². The van der Waals surface area contributed by atoms with Crippen molar-refractivity contribution >= 4 is 57.2 Å². The number of anilines is 1. The lowest BCUT2D eigenvalue weighted by atomic mass is 9.97. The van der Waals surface area contributed by atoms with Crippen LogP contribution in [0.4, 0.5) is 16.5 Å². The van der Waals surface area contributed by atoms with Crippen molar-refractivity contribution in [2.45, 2.75) is 0 Å². The van der Waals surface area contributed by atoms with Crippen molar-refractivity contribution in [3.8, 4) is 0 Å². The highest BCUT2D eigenvalue weighted by Gasteiger charge is 2.31. The van der Waals surface area contributed by atoms with Crippen molar-refractivity contribution in [3.63, 3.8) is 0 Å². The first-order chi connectivity index (χ1) is 17.1. The molecule has 0 aliphatic carbocycles. The van der Waals surface area contributed by atoms with Gasteiger partial charge in [0.05, 0.1) is 23.8 Å². The van der Waals surface area contributed by atoms with Gasteiger partial charge in [0.1, 0.15) is 16.8 Å². The van der Waals surface area contributed by atoms with Gasteiger partial charge < -0.3 is 20.0 Å². The van der Waals surface area contributed by atoms with Gasteiger partial charge in [-0.3, -0.25) is 0 Å². The zero-order chi connectivity index (χ0) is 24.6. The largest absolute Gasteiger partial charge is 0.395 e. The van der Waals surface area contributed by atoms with Gasteiger partial charge in [-0.25, -0.2) is 9.78 Å². The standard InChI is InChI=1S/C24H22ClN5O4S/c25-22-20(11-10-19-21(29-34-23(19)33)16-4-2-1-3-5-16)35-24(26-22)28-27-17-6-8-18(9-7-17)30(12-14-31)13-15-32/h1-11,19,31-32H,12-15H2/b11-10+,28-27?. The third-order valence-corrected chi connectivity index (χ3v) is 6.40. The lowest BCUT2D eigenvalue weighted by Gasteiger charge is -2.22. The summed E-state index contributed by atoms with van der Waals surface area (Å²) >= 11 is 7.51. The molecule has 35 heavy (non-hydrogen) atoms. The predicted octanol–water partition coefficient (Wildman–Crippen LogP) is 4.59. The number of carbonyl (C=O) groups is 1. The van der Waals surface area contributed by atoms with E-state index in [0.717, 1.165) is 11.3 Å². The van der Waals surface area contributed by atoms with Crippen LogP contribution in [0.15, 0.2) is 76.1 Å². The minimum atomic E-state index is -0.643. The number of hydrogen-bond donors (Lipinski definition) is 2. The minimum Gasteiger partial charge on any atom is -0.395 e. The Hall–Kier alpha value is -3.44. The average molecular weight is 512 g/mol. The zero-order valence-corrected chi connectivity index (χ0v) is 20.1. The van der Waals surface area contributed by atoms with Crippen LogP contribution in [0.5, 0.6) is 0 Å². The van der Waals surface area contributed by atoms with Gasteiger partial charge in [-0.1, -0.05) is 64.5 Å². The Kier molecular flexibility index (Phi) is 8.32. The van der Waals surface area contributed by atoms with Gasteiger partial charge in [0.15, 0.2) is 0 Å². The third-order valence-electron chi connectivity index (χ3n) is 5.10. The molecular formula is C24H22ClN5O4S. The molecule has 0 saturated heterocycles. The van der Waals surface area contributed by atoms with Crippen molar-refractivity contribution in [2.24, 2.45) is 21.3 Å². The maximum atomic E-state index is 12.2. The van der Waals surface area contributed by atoms with Crippen molar-refractivity contribution < 1.29 is 19.8 Å². The van der Waals surface area contributed by atoms with Crippen molar-refractivity contribution in [2.75, 3.05) is 31.2 Å². The van der Waals surface area contributed by atoms with Gasteiger partial charge in [-0.15, -0.1) is 10.2 Å². The fraction of sp³-hybridized carbons (Fsp3) is 0.208. The Morgan fingerprint density at radius 3 is 2.46 bits per heavy atom. The number of azo groups is 1. The number of aromatic nitrogens is 1. The molecule has 0 radical (unpaired) electrons. The highest BCUT2D eigenvalue weighted by molar-refractivity contribution is 7.16. The average Bonchev–Trinajstić information content (AvgIpc) is 3.43. The molecule has 1 atom stereocenters. The normalized spacial score (nSPS) is 15.7.